The molecule has 1 aromatic carbocycles. The second-order valence-electron chi connectivity index (χ2n) is 4.99. The Bertz CT molecular complexity index is 592. The normalized spacial score (nSPS) is 10.5. The van der Waals surface area contributed by atoms with Gasteiger partial charge in [-0.05, 0) is 37.7 Å². The van der Waals surface area contributed by atoms with Gasteiger partial charge in [0.1, 0.15) is 5.75 Å². The molecule has 1 aromatic heterocycles. The third-order valence-electron chi connectivity index (χ3n) is 3.29. The molecule has 1 amide bonds. The number of rotatable bonds is 8. The van der Waals surface area contributed by atoms with Gasteiger partial charge in [-0.15, -0.1) is 0 Å². The summed E-state index contributed by atoms with van der Waals surface area (Å²) in [6, 6.07) is 7.79. The summed E-state index contributed by atoms with van der Waals surface area (Å²) >= 11 is 0. The molecule has 0 aliphatic carbocycles. The monoisotopic (exact) mass is 302 g/mol. The Morgan fingerprint density at radius 1 is 1.27 bits per heavy atom. The molecule has 0 saturated heterocycles. The summed E-state index contributed by atoms with van der Waals surface area (Å²) in [7, 11) is 3.54. The first-order valence-corrected chi connectivity index (χ1v) is 7.31. The number of nitrogens with zero attached hydrogens (tertiary/aromatic N) is 2. The molecule has 0 spiro atoms. The number of ether oxygens (including phenoxy) is 1. The zero-order valence-electron chi connectivity index (χ0n) is 13.0. The highest BCUT2D eigenvalue weighted by Gasteiger charge is 2.08. The molecule has 2 rings (SSSR count). The van der Waals surface area contributed by atoms with Crippen molar-refractivity contribution in [3.63, 3.8) is 0 Å². The average Bonchev–Trinajstić information content (AvgIpc) is 3.01. The van der Waals surface area contributed by atoms with Gasteiger partial charge in [0.2, 0.25) is 0 Å². The van der Waals surface area contributed by atoms with E-state index in [1.165, 1.54) is 0 Å². The van der Waals surface area contributed by atoms with Crippen molar-refractivity contribution in [1.29, 1.82) is 0 Å². The van der Waals surface area contributed by atoms with E-state index in [-0.39, 0.29) is 5.91 Å². The minimum atomic E-state index is -0.0860. The SMILES string of the molecule is CNCCCNC(=O)c1cnn(Cc2ccc(OC)cc2)c1. The second kappa shape index (κ2) is 8.19. The van der Waals surface area contributed by atoms with E-state index in [0.717, 1.165) is 24.3 Å². The number of aromatic nitrogens is 2. The molecule has 2 aromatic rings. The maximum Gasteiger partial charge on any atom is 0.254 e. The third-order valence-corrected chi connectivity index (χ3v) is 3.29. The van der Waals surface area contributed by atoms with Crippen LogP contribution in [0.1, 0.15) is 22.3 Å². The van der Waals surface area contributed by atoms with Crippen molar-refractivity contribution in [3.8, 4) is 5.75 Å². The van der Waals surface area contributed by atoms with Crippen molar-refractivity contribution in [2.45, 2.75) is 13.0 Å². The van der Waals surface area contributed by atoms with E-state index in [0.29, 0.717) is 18.7 Å². The van der Waals surface area contributed by atoms with E-state index in [1.54, 1.807) is 24.2 Å². The Morgan fingerprint density at radius 3 is 2.73 bits per heavy atom. The van der Waals surface area contributed by atoms with Crippen LogP contribution >= 0.6 is 0 Å². The average molecular weight is 302 g/mol. The van der Waals surface area contributed by atoms with Crippen molar-refractivity contribution < 1.29 is 9.53 Å². The van der Waals surface area contributed by atoms with Crippen LogP contribution < -0.4 is 15.4 Å². The highest BCUT2D eigenvalue weighted by atomic mass is 16.5. The minimum absolute atomic E-state index is 0.0860. The molecule has 0 atom stereocenters. The summed E-state index contributed by atoms with van der Waals surface area (Å²) in [6.07, 6.45) is 4.26. The number of methoxy groups -OCH3 is 1. The number of carbonyl (C=O) groups is 1. The fourth-order valence-corrected chi connectivity index (χ4v) is 2.05. The van der Waals surface area contributed by atoms with Crippen LogP contribution in [-0.4, -0.2) is 42.9 Å². The molecule has 0 bridgehead atoms. The van der Waals surface area contributed by atoms with Gasteiger partial charge in [0.15, 0.2) is 0 Å². The van der Waals surface area contributed by atoms with Crippen molar-refractivity contribution in [2.75, 3.05) is 27.2 Å². The molecule has 0 aliphatic rings. The van der Waals surface area contributed by atoms with Crippen molar-refractivity contribution >= 4 is 5.91 Å². The van der Waals surface area contributed by atoms with Gasteiger partial charge in [-0.3, -0.25) is 9.48 Å². The maximum atomic E-state index is 12.0. The maximum absolute atomic E-state index is 12.0. The van der Waals surface area contributed by atoms with E-state index < -0.39 is 0 Å². The van der Waals surface area contributed by atoms with Gasteiger partial charge in [0, 0.05) is 12.7 Å². The Kier molecular flexibility index (Phi) is 5.97. The van der Waals surface area contributed by atoms with Crippen molar-refractivity contribution in [3.05, 3.63) is 47.8 Å². The van der Waals surface area contributed by atoms with E-state index in [1.807, 2.05) is 31.3 Å². The second-order valence-corrected chi connectivity index (χ2v) is 4.99. The van der Waals surface area contributed by atoms with Gasteiger partial charge in [-0.1, -0.05) is 12.1 Å². The molecular weight excluding hydrogens is 280 g/mol. The van der Waals surface area contributed by atoms with E-state index in [9.17, 15) is 4.79 Å². The predicted octanol–water partition coefficient (Wildman–Crippen LogP) is 1.28. The molecule has 1 heterocycles. The Hall–Kier alpha value is -2.34. The number of amides is 1. The van der Waals surface area contributed by atoms with Gasteiger partial charge in [0.05, 0.1) is 25.4 Å². The molecule has 0 aliphatic heterocycles. The highest BCUT2D eigenvalue weighted by molar-refractivity contribution is 5.93. The Morgan fingerprint density at radius 2 is 2.05 bits per heavy atom. The molecule has 6 heteroatoms. The van der Waals surface area contributed by atoms with E-state index in [4.69, 9.17) is 4.74 Å². The summed E-state index contributed by atoms with van der Waals surface area (Å²) < 4.78 is 6.88. The fraction of sp³-hybridized carbons (Fsp3) is 0.375. The molecule has 22 heavy (non-hydrogen) atoms. The van der Waals surface area contributed by atoms with Crippen LogP contribution in [0.15, 0.2) is 36.7 Å². The number of benzene rings is 1. The Balaban J connectivity index is 1.88. The lowest BCUT2D eigenvalue weighted by atomic mass is 10.2. The summed E-state index contributed by atoms with van der Waals surface area (Å²) in [5.74, 6) is 0.739. The van der Waals surface area contributed by atoms with Crippen molar-refractivity contribution in [2.24, 2.45) is 0 Å². The van der Waals surface area contributed by atoms with E-state index in [2.05, 4.69) is 15.7 Å². The van der Waals surface area contributed by atoms with Gasteiger partial charge < -0.3 is 15.4 Å². The minimum Gasteiger partial charge on any atom is -0.497 e. The molecule has 0 saturated carbocycles. The van der Waals surface area contributed by atoms with Crippen LogP contribution in [0.3, 0.4) is 0 Å². The number of nitrogens with one attached hydrogen (secondary N) is 2. The van der Waals surface area contributed by atoms with Gasteiger partial charge in [0.25, 0.3) is 5.91 Å². The van der Waals surface area contributed by atoms with Crippen LogP contribution in [0, 0.1) is 0 Å². The summed E-state index contributed by atoms with van der Waals surface area (Å²) in [4.78, 5) is 12.0. The number of carbonyl (C=O) groups excluding carboxylic acids is 1. The van der Waals surface area contributed by atoms with Gasteiger partial charge >= 0.3 is 0 Å². The van der Waals surface area contributed by atoms with Crippen molar-refractivity contribution in [1.82, 2.24) is 20.4 Å². The molecule has 0 fully saturated rings. The zero-order chi connectivity index (χ0) is 15.8. The lowest BCUT2D eigenvalue weighted by molar-refractivity contribution is 0.0953. The quantitative estimate of drug-likeness (QED) is 0.721. The first-order chi connectivity index (χ1) is 10.7. The summed E-state index contributed by atoms with van der Waals surface area (Å²) in [5, 5.41) is 10.2. The lowest BCUT2D eigenvalue weighted by Crippen LogP contribution is -2.26. The Labute approximate surface area is 130 Å². The van der Waals surface area contributed by atoms with E-state index >= 15 is 0 Å². The molecule has 6 nitrogen and oxygen atoms in total. The molecule has 0 unspecified atom stereocenters. The standard InChI is InChI=1S/C16H22N4O2/c1-17-8-3-9-18-16(21)14-10-19-20(12-14)11-13-4-6-15(22-2)7-5-13/h4-7,10,12,17H,3,8-9,11H2,1-2H3,(H,18,21). The van der Waals surface area contributed by atoms with Gasteiger partial charge in [-0.25, -0.2) is 0 Å². The number of hydrogen-bond acceptors (Lipinski definition) is 4. The molecular formula is C16H22N4O2. The zero-order valence-corrected chi connectivity index (χ0v) is 13.0. The van der Waals surface area contributed by atoms with Crippen LogP contribution in [0.5, 0.6) is 5.75 Å². The fourth-order valence-electron chi connectivity index (χ4n) is 2.05. The van der Waals surface area contributed by atoms with Crippen LogP contribution in [0.25, 0.3) is 0 Å². The highest BCUT2D eigenvalue weighted by Crippen LogP contribution is 2.12. The van der Waals surface area contributed by atoms with Crippen LogP contribution in [0.2, 0.25) is 0 Å². The third kappa shape index (κ3) is 4.60. The smallest absolute Gasteiger partial charge is 0.254 e. The summed E-state index contributed by atoms with van der Waals surface area (Å²) in [6.45, 7) is 2.16. The molecule has 0 radical (unpaired) electrons. The largest absolute Gasteiger partial charge is 0.497 e. The van der Waals surface area contributed by atoms with Crippen LogP contribution in [-0.2, 0) is 6.54 Å². The summed E-state index contributed by atoms with van der Waals surface area (Å²) in [5.41, 5.74) is 1.68. The number of hydrogen-bond donors (Lipinski definition) is 2. The predicted molar refractivity (Wildman–Crippen MR) is 85.2 cm³/mol. The molecule has 2 N–H and O–H groups in total. The van der Waals surface area contributed by atoms with Gasteiger partial charge in [-0.2, -0.15) is 5.10 Å². The lowest BCUT2D eigenvalue weighted by Gasteiger charge is -2.04. The molecule has 118 valence electrons. The first-order valence-electron chi connectivity index (χ1n) is 7.31. The van der Waals surface area contributed by atoms with Crippen LogP contribution in [0.4, 0.5) is 0 Å². The topological polar surface area (TPSA) is 68.2 Å². The first kappa shape index (κ1) is 16.0.